The summed E-state index contributed by atoms with van der Waals surface area (Å²) in [5, 5.41) is 8.52. The number of carbonyl (C=O) groups is 2. The first-order valence-corrected chi connectivity index (χ1v) is 3.47. The Morgan fingerprint density at radius 2 is 2.30 bits per heavy atom. The van der Waals surface area contributed by atoms with Gasteiger partial charge in [-0.2, -0.15) is 0 Å². The molecule has 0 aromatic heterocycles. The Morgan fingerprint density at radius 3 is 2.60 bits per heavy atom. The van der Waals surface area contributed by atoms with Gasteiger partial charge in [0.05, 0.1) is 5.92 Å². The summed E-state index contributed by atoms with van der Waals surface area (Å²) >= 11 is 0. The first-order chi connectivity index (χ1) is 4.72. The fourth-order valence-electron chi connectivity index (χ4n) is 1.98. The Bertz CT molecular complexity index is 205. The average Bonchev–Trinajstić information content (AvgIpc) is 2.48. The SMILES string of the molecule is O=C(O)[C@@H]1[C@@H]2CCC(=O)[C@@H]21. The summed E-state index contributed by atoms with van der Waals surface area (Å²) < 4.78 is 0. The maximum atomic E-state index is 10.9. The maximum absolute atomic E-state index is 10.9. The van der Waals surface area contributed by atoms with Crippen molar-refractivity contribution in [2.75, 3.05) is 0 Å². The van der Waals surface area contributed by atoms with E-state index in [2.05, 4.69) is 0 Å². The summed E-state index contributed by atoms with van der Waals surface area (Å²) in [4.78, 5) is 21.2. The first kappa shape index (κ1) is 5.89. The number of hydrogen-bond acceptors (Lipinski definition) is 2. The van der Waals surface area contributed by atoms with Crippen LogP contribution in [0.25, 0.3) is 0 Å². The van der Waals surface area contributed by atoms with Crippen LogP contribution in [0, 0.1) is 17.8 Å². The summed E-state index contributed by atoms with van der Waals surface area (Å²) in [7, 11) is 0. The van der Waals surface area contributed by atoms with Crippen LogP contribution in [0.4, 0.5) is 0 Å². The first-order valence-electron chi connectivity index (χ1n) is 3.47. The molecule has 2 fully saturated rings. The molecule has 0 amide bonds. The molecule has 2 saturated carbocycles. The zero-order chi connectivity index (χ0) is 7.30. The molecule has 1 N–H and O–H groups in total. The van der Waals surface area contributed by atoms with E-state index in [0.717, 1.165) is 6.42 Å². The van der Waals surface area contributed by atoms with E-state index in [1.807, 2.05) is 0 Å². The van der Waals surface area contributed by atoms with Crippen LogP contribution in [0.1, 0.15) is 12.8 Å². The van der Waals surface area contributed by atoms with Crippen LogP contribution in [-0.2, 0) is 9.59 Å². The number of Topliss-reactive ketones (excluding diaryl/α,β-unsaturated/α-hetero) is 1. The quantitative estimate of drug-likeness (QED) is 0.569. The van der Waals surface area contributed by atoms with Gasteiger partial charge in [-0.1, -0.05) is 0 Å². The van der Waals surface area contributed by atoms with Gasteiger partial charge in [-0.25, -0.2) is 0 Å². The normalized spacial score (nSPS) is 43.2. The highest BCUT2D eigenvalue weighted by atomic mass is 16.4. The zero-order valence-corrected chi connectivity index (χ0v) is 5.41. The van der Waals surface area contributed by atoms with Gasteiger partial charge in [0.2, 0.25) is 0 Å². The molecule has 0 unspecified atom stereocenters. The Balaban J connectivity index is 2.12. The molecule has 54 valence electrons. The predicted molar refractivity (Wildman–Crippen MR) is 32.3 cm³/mol. The molecule has 3 nitrogen and oxygen atoms in total. The van der Waals surface area contributed by atoms with Crippen LogP contribution in [0.3, 0.4) is 0 Å². The summed E-state index contributed by atoms with van der Waals surface area (Å²) in [5.41, 5.74) is 0. The summed E-state index contributed by atoms with van der Waals surface area (Å²) in [5.74, 6) is -0.843. The Hall–Kier alpha value is -0.860. The molecule has 0 radical (unpaired) electrons. The minimum atomic E-state index is -0.789. The Kier molecular flexibility index (Phi) is 0.938. The minimum Gasteiger partial charge on any atom is -0.481 e. The second kappa shape index (κ2) is 1.59. The lowest BCUT2D eigenvalue weighted by molar-refractivity contribution is -0.140. The topological polar surface area (TPSA) is 54.4 Å². The smallest absolute Gasteiger partial charge is 0.307 e. The van der Waals surface area contributed by atoms with Crippen LogP contribution < -0.4 is 0 Å². The van der Waals surface area contributed by atoms with Gasteiger partial charge in [0.1, 0.15) is 5.78 Å². The number of carboxylic acids is 1. The number of fused-ring (bicyclic) bond motifs is 1. The van der Waals surface area contributed by atoms with E-state index in [9.17, 15) is 9.59 Å². The largest absolute Gasteiger partial charge is 0.481 e. The lowest BCUT2D eigenvalue weighted by atomic mass is 10.1. The third-order valence-electron chi connectivity index (χ3n) is 2.55. The fourth-order valence-corrected chi connectivity index (χ4v) is 1.98. The zero-order valence-electron chi connectivity index (χ0n) is 5.41. The third kappa shape index (κ3) is 0.549. The van der Waals surface area contributed by atoms with Crippen LogP contribution in [0.5, 0.6) is 0 Å². The van der Waals surface area contributed by atoms with Crippen molar-refractivity contribution in [2.24, 2.45) is 17.8 Å². The Morgan fingerprint density at radius 1 is 1.60 bits per heavy atom. The molecule has 0 saturated heterocycles. The molecule has 3 heteroatoms. The molecule has 2 rings (SSSR count). The standard InChI is InChI=1S/C7H8O3/c8-4-2-1-3-5(4)6(3)7(9)10/h3,5-6H,1-2H2,(H,9,10)/t3-,5-,6-/m1/s1. The van der Waals surface area contributed by atoms with E-state index in [1.54, 1.807) is 0 Å². The molecule has 2 aliphatic carbocycles. The lowest BCUT2D eigenvalue weighted by Crippen LogP contribution is -2.07. The molecule has 0 aromatic rings. The van der Waals surface area contributed by atoms with Crippen molar-refractivity contribution < 1.29 is 14.7 Å². The molecule has 0 heterocycles. The van der Waals surface area contributed by atoms with Gasteiger partial charge in [0, 0.05) is 12.3 Å². The predicted octanol–water partition coefficient (Wildman–Crippen LogP) is 0.296. The summed E-state index contributed by atoms with van der Waals surface area (Å²) in [6.07, 6.45) is 1.42. The van der Waals surface area contributed by atoms with Gasteiger partial charge in [-0.3, -0.25) is 9.59 Å². The van der Waals surface area contributed by atoms with Crippen molar-refractivity contribution in [3.63, 3.8) is 0 Å². The van der Waals surface area contributed by atoms with Crippen LogP contribution >= 0.6 is 0 Å². The minimum absolute atomic E-state index is 0.0995. The van der Waals surface area contributed by atoms with Crippen LogP contribution in [-0.4, -0.2) is 16.9 Å². The third-order valence-corrected chi connectivity index (χ3v) is 2.55. The molecular formula is C7H8O3. The molecule has 2 aliphatic rings. The van der Waals surface area contributed by atoms with E-state index in [1.165, 1.54) is 0 Å². The van der Waals surface area contributed by atoms with Gasteiger partial charge in [-0.05, 0) is 12.3 Å². The average molecular weight is 140 g/mol. The summed E-state index contributed by atoms with van der Waals surface area (Å²) in [6, 6.07) is 0. The molecule has 10 heavy (non-hydrogen) atoms. The van der Waals surface area contributed by atoms with Gasteiger partial charge in [0.25, 0.3) is 0 Å². The van der Waals surface area contributed by atoms with E-state index >= 15 is 0 Å². The molecule has 0 spiro atoms. The van der Waals surface area contributed by atoms with Crippen molar-refractivity contribution in [3.8, 4) is 0 Å². The van der Waals surface area contributed by atoms with Crippen LogP contribution in [0.2, 0.25) is 0 Å². The van der Waals surface area contributed by atoms with Gasteiger partial charge in [0.15, 0.2) is 0 Å². The molecule has 0 aromatic carbocycles. The molecule has 3 atom stereocenters. The van der Waals surface area contributed by atoms with Gasteiger partial charge < -0.3 is 5.11 Å². The van der Waals surface area contributed by atoms with Crippen molar-refractivity contribution in [1.29, 1.82) is 0 Å². The van der Waals surface area contributed by atoms with E-state index < -0.39 is 5.97 Å². The number of hydrogen-bond donors (Lipinski definition) is 1. The lowest BCUT2D eigenvalue weighted by Gasteiger charge is -1.93. The highest BCUT2D eigenvalue weighted by Crippen LogP contribution is 2.55. The maximum Gasteiger partial charge on any atom is 0.307 e. The monoisotopic (exact) mass is 140 g/mol. The van der Waals surface area contributed by atoms with Crippen molar-refractivity contribution in [3.05, 3.63) is 0 Å². The number of ketones is 1. The molecular weight excluding hydrogens is 132 g/mol. The Labute approximate surface area is 58.0 Å². The number of aliphatic carboxylic acids is 1. The molecule has 0 bridgehead atoms. The van der Waals surface area contributed by atoms with Crippen LogP contribution in [0.15, 0.2) is 0 Å². The van der Waals surface area contributed by atoms with Gasteiger partial charge in [-0.15, -0.1) is 0 Å². The van der Waals surface area contributed by atoms with E-state index in [0.29, 0.717) is 6.42 Å². The fraction of sp³-hybridized carbons (Fsp3) is 0.714. The highest BCUT2D eigenvalue weighted by Gasteiger charge is 2.61. The highest BCUT2D eigenvalue weighted by molar-refractivity contribution is 5.94. The number of rotatable bonds is 1. The number of carbonyl (C=O) groups excluding carboxylic acids is 1. The van der Waals surface area contributed by atoms with Crippen molar-refractivity contribution >= 4 is 11.8 Å². The molecule has 0 aliphatic heterocycles. The van der Waals surface area contributed by atoms with E-state index in [-0.39, 0.29) is 23.5 Å². The van der Waals surface area contributed by atoms with Crippen molar-refractivity contribution in [1.82, 2.24) is 0 Å². The van der Waals surface area contributed by atoms with Gasteiger partial charge >= 0.3 is 5.97 Å². The second-order valence-electron chi connectivity index (χ2n) is 3.06. The summed E-state index contributed by atoms with van der Waals surface area (Å²) in [6.45, 7) is 0. The van der Waals surface area contributed by atoms with Crippen molar-refractivity contribution in [2.45, 2.75) is 12.8 Å². The number of carboxylic acid groups (broad SMARTS) is 1. The second-order valence-corrected chi connectivity index (χ2v) is 3.06. The van der Waals surface area contributed by atoms with E-state index in [4.69, 9.17) is 5.11 Å².